The Balaban J connectivity index is 1.67. The van der Waals surface area contributed by atoms with Gasteiger partial charge >= 0.3 is 4.87 Å². The predicted molar refractivity (Wildman–Crippen MR) is 115 cm³/mol. The van der Waals surface area contributed by atoms with Gasteiger partial charge in [-0.05, 0) is 37.1 Å². The lowest BCUT2D eigenvalue weighted by Gasteiger charge is -2.30. The van der Waals surface area contributed by atoms with Gasteiger partial charge in [-0.2, -0.15) is 0 Å². The Labute approximate surface area is 175 Å². The summed E-state index contributed by atoms with van der Waals surface area (Å²) in [7, 11) is 0. The van der Waals surface area contributed by atoms with E-state index in [9.17, 15) is 14.4 Å². The van der Waals surface area contributed by atoms with Gasteiger partial charge in [-0.15, -0.1) is 0 Å². The highest BCUT2D eigenvalue weighted by Gasteiger charge is 2.56. The number of anilines is 1. The van der Waals surface area contributed by atoms with Crippen molar-refractivity contribution in [2.24, 2.45) is 5.92 Å². The fraction of sp³-hybridized carbons (Fsp3) is 0.227. The summed E-state index contributed by atoms with van der Waals surface area (Å²) < 4.78 is 0. The molecule has 2 aliphatic rings. The molecule has 1 saturated heterocycles. The summed E-state index contributed by atoms with van der Waals surface area (Å²) in [5.41, 5.74) is 3.70. The molecule has 0 spiro atoms. The third kappa shape index (κ3) is 2.80. The molecule has 0 bridgehead atoms. The molecule has 2 aromatic carbocycles. The molecule has 29 heavy (non-hydrogen) atoms. The molecule has 1 aromatic heterocycles. The van der Waals surface area contributed by atoms with Crippen LogP contribution in [0.5, 0.6) is 0 Å². The van der Waals surface area contributed by atoms with Crippen molar-refractivity contribution in [3.05, 3.63) is 79.8 Å². The van der Waals surface area contributed by atoms with Crippen LogP contribution >= 0.6 is 23.1 Å². The Hall–Kier alpha value is -2.64. The Bertz CT molecular complexity index is 1200. The summed E-state index contributed by atoms with van der Waals surface area (Å²) in [5.74, 6) is -1.26. The molecule has 0 aliphatic carbocycles. The monoisotopic (exact) mass is 422 g/mol. The van der Waals surface area contributed by atoms with Gasteiger partial charge in [0.2, 0.25) is 11.8 Å². The lowest BCUT2D eigenvalue weighted by Crippen LogP contribution is -2.32. The number of amides is 2. The lowest BCUT2D eigenvalue weighted by atomic mass is 9.81. The zero-order valence-electron chi connectivity index (χ0n) is 15.8. The van der Waals surface area contributed by atoms with Crippen LogP contribution < -0.4 is 9.77 Å². The number of nitrogens with one attached hydrogen (secondary N) is 1. The minimum Gasteiger partial charge on any atom is -0.307 e. The molecule has 2 aliphatic heterocycles. The highest BCUT2D eigenvalue weighted by Crippen LogP contribution is 2.53. The van der Waals surface area contributed by atoms with E-state index in [1.54, 1.807) is 0 Å². The van der Waals surface area contributed by atoms with E-state index in [-0.39, 0.29) is 22.6 Å². The fourth-order valence-corrected chi connectivity index (χ4v) is 6.74. The van der Waals surface area contributed by atoms with E-state index < -0.39 is 11.2 Å². The van der Waals surface area contributed by atoms with Crippen LogP contribution in [0.25, 0.3) is 0 Å². The van der Waals surface area contributed by atoms with Crippen molar-refractivity contribution < 1.29 is 9.59 Å². The molecule has 0 saturated carbocycles. The first-order chi connectivity index (χ1) is 14.0. The molecule has 7 heteroatoms. The third-order valence-electron chi connectivity index (χ3n) is 5.64. The number of hydrogen-bond donors (Lipinski definition) is 1. The number of hydrogen-bond acceptors (Lipinski definition) is 5. The molecule has 3 heterocycles. The van der Waals surface area contributed by atoms with Crippen LogP contribution in [0.1, 0.15) is 27.5 Å². The SMILES string of the molecule is Cc1ccc(N2C(=O)C3Sc4[nH]c(=O)sc4C(c4ccccc4C)C3C2=O)cc1. The number of rotatable bonds is 2. The van der Waals surface area contributed by atoms with Crippen molar-refractivity contribution in [1.29, 1.82) is 0 Å². The summed E-state index contributed by atoms with van der Waals surface area (Å²) >= 11 is 2.45. The highest BCUT2D eigenvalue weighted by atomic mass is 32.2. The number of H-pyrrole nitrogens is 1. The number of fused-ring (bicyclic) bond motifs is 2. The molecular weight excluding hydrogens is 404 g/mol. The minimum atomic E-state index is -0.550. The third-order valence-corrected chi connectivity index (χ3v) is 8.04. The summed E-state index contributed by atoms with van der Waals surface area (Å²) in [6.07, 6.45) is 0. The molecule has 3 aromatic rings. The second kappa shape index (κ2) is 6.71. The van der Waals surface area contributed by atoms with Gasteiger partial charge in [0.25, 0.3) is 0 Å². The van der Waals surface area contributed by atoms with Crippen molar-refractivity contribution in [2.45, 2.75) is 30.0 Å². The van der Waals surface area contributed by atoms with E-state index in [2.05, 4.69) is 4.98 Å². The summed E-state index contributed by atoms with van der Waals surface area (Å²) in [4.78, 5) is 43.8. The zero-order chi connectivity index (χ0) is 20.3. The maximum absolute atomic E-state index is 13.6. The van der Waals surface area contributed by atoms with E-state index in [0.29, 0.717) is 10.7 Å². The average Bonchev–Trinajstić information content (AvgIpc) is 3.19. The van der Waals surface area contributed by atoms with Crippen molar-refractivity contribution in [1.82, 2.24) is 4.98 Å². The fourth-order valence-electron chi connectivity index (χ4n) is 4.24. The number of aryl methyl sites for hydroxylation is 2. The predicted octanol–water partition coefficient (Wildman–Crippen LogP) is 3.85. The number of thiazole rings is 1. The first-order valence-corrected chi connectivity index (χ1v) is 11.0. The second-order valence-corrected chi connectivity index (χ2v) is 9.62. The first kappa shape index (κ1) is 18.4. The topological polar surface area (TPSA) is 70.2 Å². The number of benzene rings is 2. The van der Waals surface area contributed by atoms with E-state index in [1.165, 1.54) is 16.7 Å². The molecule has 1 fully saturated rings. The Morgan fingerprint density at radius 2 is 1.66 bits per heavy atom. The van der Waals surface area contributed by atoms with Crippen LogP contribution in [0.4, 0.5) is 5.69 Å². The van der Waals surface area contributed by atoms with Crippen molar-refractivity contribution in [3.8, 4) is 0 Å². The quantitative estimate of drug-likeness (QED) is 0.637. The number of nitrogens with zero attached hydrogens (tertiary/aromatic N) is 1. The standard InChI is InChI=1S/C22H18N2O3S2/c1-11-7-9-13(10-8-11)24-20(25)16-15(14-6-4-3-5-12(14)2)17-19(23-22(27)29-17)28-18(16)21(24)26/h3-10,15-16,18H,1-2H3,(H,23,27). The van der Waals surface area contributed by atoms with Crippen LogP contribution in [0.15, 0.2) is 58.4 Å². The van der Waals surface area contributed by atoms with Crippen molar-refractivity contribution in [2.75, 3.05) is 4.90 Å². The molecule has 1 N–H and O–H groups in total. The molecule has 5 rings (SSSR count). The normalized spacial score (nSPS) is 23.2. The van der Waals surface area contributed by atoms with Gasteiger partial charge in [0.15, 0.2) is 0 Å². The Morgan fingerprint density at radius 1 is 0.931 bits per heavy atom. The summed E-state index contributed by atoms with van der Waals surface area (Å²) in [6, 6.07) is 15.3. The van der Waals surface area contributed by atoms with E-state index >= 15 is 0 Å². The van der Waals surface area contributed by atoms with E-state index in [0.717, 1.165) is 32.9 Å². The van der Waals surface area contributed by atoms with Gasteiger partial charge in [0.1, 0.15) is 5.25 Å². The molecule has 146 valence electrons. The number of aromatic amines is 1. The molecule has 3 atom stereocenters. The number of carbonyl (C=O) groups excluding carboxylic acids is 2. The summed E-state index contributed by atoms with van der Waals surface area (Å²) in [6.45, 7) is 3.97. The van der Waals surface area contributed by atoms with Crippen LogP contribution in [0.2, 0.25) is 0 Å². The average molecular weight is 423 g/mol. The van der Waals surface area contributed by atoms with Gasteiger partial charge in [-0.3, -0.25) is 14.4 Å². The molecular formula is C22H18N2O3S2. The van der Waals surface area contributed by atoms with Crippen LogP contribution in [0, 0.1) is 19.8 Å². The number of aromatic nitrogens is 1. The van der Waals surface area contributed by atoms with Gasteiger partial charge in [0, 0.05) is 10.8 Å². The Morgan fingerprint density at radius 3 is 2.38 bits per heavy atom. The second-order valence-electron chi connectivity index (χ2n) is 7.45. The summed E-state index contributed by atoms with van der Waals surface area (Å²) in [5, 5.41) is 0.160. The van der Waals surface area contributed by atoms with E-state index in [1.807, 2.05) is 62.4 Å². The van der Waals surface area contributed by atoms with Gasteiger partial charge in [-0.25, -0.2) is 4.90 Å². The first-order valence-electron chi connectivity index (χ1n) is 9.35. The number of carbonyl (C=O) groups is 2. The van der Waals surface area contributed by atoms with Gasteiger partial charge in [0.05, 0.1) is 16.6 Å². The minimum absolute atomic E-state index is 0.156. The maximum Gasteiger partial charge on any atom is 0.305 e. The molecule has 3 unspecified atom stereocenters. The molecule has 5 nitrogen and oxygen atoms in total. The van der Waals surface area contributed by atoms with Crippen LogP contribution in [-0.4, -0.2) is 22.0 Å². The van der Waals surface area contributed by atoms with E-state index in [4.69, 9.17) is 0 Å². The highest BCUT2D eigenvalue weighted by molar-refractivity contribution is 8.00. The van der Waals surface area contributed by atoms with Crippen LogP contribution in [-0.2, 0) is 9.59 Å². The van der Waals surface area contributed by atoms with Gasteiger partial charge in [-0.1, -0.05) is 65.1 Å². The molecule has 2 amide bonds. The number of thioether (sulfide) groups is 1. The largest absolute Gasteiger partial charge is 0.307 e. The smallest absolute Gasteiger partial charge is 0.305 e. The van der Waals surface area contributed by atoms with Crippen molar-refractivity contribution >= 4 is 40.6 Å². The number of imide groups is 1. The van der Waals surface area contributed by atoms with Crippen LogP contribution in [0.3, 0.4) is 0 Å². The zero-order valence-corrected chi connectivity index (χ0v) is 17.5. The molecule has 0 radical (unpaired) electrons. The lowest BCUT2D eigenvalue weighted by molar-refractivity contribution is -0.122. The van der Waals surface area contributed by atoms with Crippen molar-refractivity contribution in [3.63, 3.8) is 0 Å². The maximum atomic E-state index is 13.6. The van der Waals surface area contributed by atoms with Gasteiger partial charge < -0.3 is 4.98 Å². The Kier molecular flexibility index (Phi) is 4.26.